The average molecular weight is 267 g/mol. The van der Waals surface area contributed by atoms with Crippen molar-refractivity contribution in [1.82, 2.24) is 5.32 Å². The van der Waals surface area contributed by atoms with Gasteiger partial charge >= 0.3 is 0 Å². The summed E-state index contributed by atoms with van der Waals surface area (Å²) in [5.41, 5.74) is 0.446. The van der Waals surface area contributed by atoms with Crippen molar-refractivity contribution in [3.63, 3.8) is 0 Å². The van der Waals surface area contributed by atoms with E-state index in [1.54, 1.807) is 12.1 Å². The molecular formula is C15H19F2NO. The van der Waals surface area contributed by atoms with Crippen LogP contribution in [0, 0.1) is 17.6 Å². The zero-order chi connectivity index (χ0) is 13.4. The molecule has 1 aromatic carbocycles. The Morgan fingerprint density at radius 2 is 2.21 bits per heavy atom. The van der Waals surface area contributed by atoms with Crippen LogP contribution in [0.3, 0.4) is 0 Å². The Balaban J connectivity index is 1.75. The van der Waals surface area contributed by atoms with Gasteiger partial charge in [0.2, 0.25) is 0 Å². The molecule has 2 fully saturated rings. The number of rotatable bonds is 4. The van der Waals surface area contributed by atoms with E-state index >= 15 is 0 Å². The van der Waals surface area contributed by atoms with Gasteiger partial charge in [0.1, 0.15) is 0 Å². The highest BCUT2D eigenvalue weighted by Crippen LogP contribution is 2.41. The van der Waals surface area contributed by atoms with Gasteiger partial charge in [-0.1, -0.05) is 12.1 Å². The second-order valence-corrected chi connectivity index (χ2v) is 5.59. The molecule has 2 aliphatic heterocycles. The van der Waals surface area contributed by atoms with Crippen LogP contribution < -0.4 is 5.32 Å². The molecule has 0 aliphatic carbocycles. The van der Waals surface area contributed by atoms with Crippen LogP contribution in [0.1, 0.15) is 24.8 Å². The fourth-order valence-electron chi connectivity index (χ4n) is 3.51. The summed E-state index contributed by atoms with van der Waals surface area (Å²) in [5.74, 6) is -1.07. The molecule has 4 unspecified atom stereocenters. The maximum absolute atomic E-state index is 13.7. The van der Waals surface area contributed by atoms with Crippen molar-refractivity contribution in [3.05, 3.63) is 35.4 Å². The highest BCUT2D eigenvalue weighted by molar-refractivity contribution is 5.20. The number of ether oxygens (including phenoxy) is 1. The van der Waals surface area contributed by atoms with E-state index in [4.69, 9.17) is 4.74 Å². The van der Waals surface area contributed by atoms with Crippen molar-refractivity contribution in [3.8, 4) is 0 Å². The van der Waals surface area contributed by atoms with Gasteiger partial charge in [-0.3, -0.25) is 0 Å². The summed E-state index contributed by atoms with van der Waals surface area (Å²) in [5, 5.41) is 3.25. The number of nitrogens with one attached hydrogen (secondary N) is 1. The molecule has 2 heterocycles. The highest BCUT2D eigenvalue weighted by Gasteiger charge is 2.43. The van der Waals surface area contributed by atoms with E-state index in [9.17, 15) is 8.78 Å². The zero-order valence-corrected chi connectivity index (χ0v) is 11.0. The molecule has 0 spiro atoms. The zero-order valence-electron chi connectivity index (χ0n) is 11.0. The minimum absolute atomic E-state index is 0.145. The van der Waals surface area contributed by atoms with Gasteiger partial charge in [-0.05, 0) is 44.4 Å². The number of halogens is 2. The summed E-state index contributed by atoms with van der Waals surface area (Å²) in [6, 6.07) is 4.54. The van der Waals surface area contributed by atoms with Crippen molar-refractivity contribution < 1.29 is 13.5 Å². The third kappa shape index (κ3) is 2.39. The number of fused-ring (bicyclic) bond motifs is 2. The molecule has 1 N–H and O–H groups in total. The van der Waals surface area contributed by atoms with E-state index in [1.807, 2.05) is 7.05 Å². The van der Waals surface area contributed by atoms with Gasteiger partial charge in [-0.2, -0.15) is 0 Å². The summed E-state index contributed by atoms with van der Waals surface area (Å²) < 4.78 is 32.8. The second-order valence-electron chi connectivity index (χ2n) is 5.59. The lowest BCUT2D eigenvalue weighted by molar-refractivity contribution is 0.0862. The molecule has 0 saturated carbocycles. The smallest absolute Gasteiger partial charge is 0.162 e. The standard InChI is InChI=1S/C15H19F2NO/c1-18-13(11-8-10-5-6-14(11)19-10)7-9-3-2-4-12(16)15(9)17/h2-4,10-11,13-14,18H,5-8H2,1H3. The minimum atomic E-state index is -0.767. The van der Waals surface area contributed by atoms with Crippen LogP contribution in [0.25, 0.3) is 0 Å². The monoisotopic (exact) mass is 267 g/mol. The van der Waals surface area contributed by atoms with Crippen LogP contribution in [0.5, 0.6) is 0 Å². The maximum atomic E-state index is 13.7. The molecule has 4 atom stereocenters. The summed E-state index contributed by atoms with van der Waals surface area (Å²) in [6.07, 6.45) is 4.46. The van der Waals surface area contributed by atoms with Gasteiger partial charge in [-0.15, -0.1) is 0 Å². The summed E-state index contributed by atoms with van der Waals surface area (Å²) in [7, 11) is 1.88. The van der Waals surface area contributed by atoms with Crippen molar-refractivity contribution in [1.29, 1.82) is 0 Å². The Kier molecular flexibility index (Phi) is 3.54. The van der Waals surface area contributed by atoms with Gasteiger partial charge in [0, 0.05) is 12.0 Å². The predicted octanol–water partition coefficient (Wildman–Crippen LogP) is 2.66. The summed E-state index contributed by atoms with van der Waals surface area (Å²) >= 11 is 0. The quantitative estimate of drug-likeness (QED) is 0.905. The normalized spacial score (nSPS) is 30.8. The first kappa shape index (κ1) is 13.0. The first-order chi connectivity index (χ1) is 9.19. The lowest BCUT2D eigenvalue weighted by atomic mass is 9.81. The van der Waals surface area contributed by atoms with Gasteiger partial charge in [-0.25, -0.2) is 8.78 Å². The molecule has 2 saturated heterocycles. The van der Waals surface area contributed by atoms with E-state index in [0.717, 1.165) is 25.3 Å². The third-order valence-electron chi connectivity index (χ3n) is 4.51. The van der Waals surface area contributed by atoms with Crippen molar-refractivity contribution >= 4 is 0 Å². The van der Waals surface area contributed by atoms with Gasteiger partial charge in [0.15, 0.2) is 11.6 Å². The lowest BCUT2D eigenvalue weighted by Crippen LogP contribution is -2.40. The van der Waals surface area contributed by atoms with Crippen LogP contribution in [0.2, 0.25) is 0 Å². The van der Waals surface area contributed by atoms with E-state index in [2.05, 4.69) is 5.32 Å². The Bertz CT molecular complexity index is 465. The molecule has 2 aliphatic rings. The molecule has 2 nitrogen and oxygen atoms in total. The predicted molar refractivity (Wildman–Crippen MR) is 68.9 cm³/mol. The summed E-state index contributed by atoms with van der Waals surface area (Å²) in [4.78, 5) is 0. The number of hydrogen-bond donors (Lipinski definition) is 1. The average Bonchev–Trinajstić information content (AvgIpc) is 3.03. The topological polar surface area (TPSA) is 21.3 Å². The molecule has 0 aromatic heterocycles. The molecule has 1 aromatic rings. The highest BCUT2D eigenvalue weighted by atomic mass is 19.2. The fourth-order valence-corrected chi connectivity index (χ4v) is 3.51. The number of benzene rings is 1. The van der Waals surface area contributed by atoms with Crippen LogP contribution in [-0.2, 0) is 11.2 Å². The van der Waals surface area contributed by atoms with E-state index in [1.165, 1.54) is 0 Å². The van der Waals surface area contributed by atoms with Gasteiger partial charge in [0.25, 0.3) is 0 Å². The lowest BCUT2D eigenvalue weighted by Gasteiger charge is -2.28. The van der Waals surface area contributed by atoms with Crippen LogP contribution in [0.4, 0.5) is 8.78 Å². The van der Waals surface area contributed by atoms with Crippen LogP contribution in [0.15, 0.2) is 18.2 Å². The first-order valence-corrected chi connectivity index (χ1v) is 6.94. The SMILES string of the molecule is CNC(Cc1cccc(F)c1F)C1CC2CCC1O2. The molecule has 4 heteroatoms. The third-order valence-corrected chi connectivity index (χ3v) is 4.51. The Hall–Kier alpha value is -1.00. The number of likely N-dealkylation sites (N-methyl/N-ethyl adjacent to an activating group) is 1. The minimum Gasteiger partial charge on any atom is -0.375 e. The number of hydrogen-bond acceptors (Lipinski definition) is 2. The maximum Gasteiger partial charge on any atom is 0.162 e. The second kappa shape index (κ2) is 5.17. The fraction of sp³-hybridized carbons (Fsp3) is 0.600. The van der Waals surface area contributed by atoms with Gasteiger partial charge < -0.3 is 10.1 Å². The molecule has 0 radical (unpaired) electrons. The molecule has 104 valence electrons. The Labute approximate surface area is 112 Å². The van der Waals surface area contributed by atoms with Gasteiger partial charge in [0.05, 0.1) is 12.2 Å². The molecule has 3 rings (SSSR count). The summed E-state index contributed by atoms with van der Waals surface area (Å²) in [6.45, 7) is 0. The first-order valence-electron chi connectivity index (χ1n) is 6.94. The van der Waals surface area contributed by atoms with Crippen molar-refractivity contribution in [2.24, 2.45) is 5.92 Å². The largest absolute Gasteiger partial charge is 0.375 e. The van der Waals surface area contributed by atoms with Crippen LogP contribution >= 0.6 is 0 Å². The van der Waals surface area contributed by atoms with Crippen molar-refractivity contribution in [2.45, 2.75) is 43.9 Å². The van der Waals surface area contributed by atoms with Crippen molar-refractivity contribution in [2.75, 3.05) is 7.05 Å². The molecule has 19 heavy (non-hydrogen) atoms. The van der Waals surface area contributed by atoms with Crippen LogP contribution in [-0.4, -0.2) is 25.3 Å². The van der Waals surface area contributed by atoms with E-state index in [-0.39, 0.29) is 6.04 Å². The Morgan fingerprint density at radius 3 is 2.84 bits per heavy atom. The van der Waals surface area contributed by atoms with E-state index in [0.29, 0.717) is 30.1 Å². The molecular weight excluding hydrogens is 248 g/mol. The molecule has 0 amide bonds. The Morgan fingerprint density at radius 1 is 1.37 bits per heavy atom. The molecule has 2 bridgehead atoms. The van der Waals surface area contributed by atoms with E-state index < -0.39 is 11.6 Å².